The Hall–Kier alpha value is -0.0400. The van der Waals surface area contributed by atoms with Crippen LogP contribution in [0.4, 0.5) is 0 Å². The Balaban J connectivity index is 3.35. The zero-order chi connectivity index (χ0) is 10.3. The van der Waals surface area contributed by atoms with Gasteiger partial charge in [0.25, 0.3) is 0 Å². The quantitative estimate of drug-likeness (QED) is 0.566. The SMILES string of the molecule is CCCCCCC(C)OC(C)(C)C. The molecule has 0 aromatic rings. The number of rotatable bonds is 6. The minimum Gasteiger partial charge on any atom is -0.373 e. The third-order valence-electron chi connectivity index (χ3n) is 2.02. The molecule has 13 heavy (non-hydrogen) atoms. The summed E-state index contributed by atoms with van der Waals surface area (Å²) < 4.78 is 5.82. The van der Waals surface area contributed by atoms with Gasteiger partial charge in [-0.2, -0.15) is 0 Å². The van der Waals surface area contributed by atoms with Gasteiger partial charge in [-0.3, -0.25) is 0 Å². The van der Waals surface area contributed by atoms with Gasteiger partial charge in [0.05, 0.1) is 11.7 Å². The lowest BCUT2D eigenvalue weighted by Crippen LogP contribution is -2.25. The Labute approximate surface area is 83.9 Å². The summed E-state index contributed by atoms with van der Waals surface area (Å²) in [6, 6.07) is 0. The van der Waals surface area contributed by atoms with Crippen molar-refractivity contribution in [3.63, 3.8) is 0 Å². The summed E-state index contributed by atoms with van der Waals surface area (Å²) in [5.74, 6) is 0. The van der Waals surface area contributed by atoms with Gasteiger partial charge in [-0.1, -0.05) is 32.6 Å². The first-order valence-electron chi connectivity index (χ1n) is 5.63. The summed E-state index contributed by atoms with van der Waals surface area (Å²) in [4.78, 5) is 0. The molecule has 0 saturated heterocycles. The van der Waals surface area contributed by atoms with Gasteiger partial charge in [-0.15, -0.1) is 0 Å². The van der Waals surface area contributed by atoms with Gasteiger partial charge < -0.3 is 4.74 Å². The van der Waals surface area contributed by atoms with Crippen LogP contribution in [0.1, 0.15) is 66.7 Å². The second-order valence-corrected chi connectivity index (χ2v) is 4.89. The molecule has 0 bridgehead atoms. The lowest BCUT2D eigenvalue weighted by molar-refractivity contribution is -0.0549. The van der Waals surface area contributed by atoms with E-state index in [1.165, 1.54) is 32.1 Å². The Morgan fingerprint density at radius 1 is 1.08 bits per heavy atom. The summed E-state index contributed by atoms with van der Waals surface area (Å²) >= 11 is 0. The summed E-state index contributed by atoms with van der Waals surface area (Å²) in [5, 5.41) is 0. The van der Waals surface area contributed by atoms with Gasteiger partial charge in [-0.25, -0.2) is 0 Å². The summed E-state index contributed by atoms with van der Waals surface area (Å²) in [6.07, 6.45) is 6.96. The fourth-order valence-electron chi connectivity index (χ4n) is 1.52. The standard InChI is InChI=1S/C12H26O/c1-6-7-8-9-10-11(2)13-12(3,4)5/h11H,6-10H2,1-5H3. The van der Waals surface area contributed by atoms with Gasteiger partial charge in [-0.05, 0) is 34.1 Å². The number of unbranched alkanes of at least 4 members (excludes halogenated alkanes) is 3. The molecule has 1 unspecified atom stereocenters. The number of hydrogen-bond donors (Lipinski definition) is 0. The Bertz CT molecular complexity index is 113. The highest BCUT2D eigenvalue weighted by atomic mass is 16.5. The van der Waals surface area contributed by atoms with Crippen molar-refractivity contribution < 1.29 is 4.74 Å². The molecule has 0 radical (unpaired) electrons. The Morgan fingerprint density at radius 2 is 1.69 bits per heavy atom. The van der Waals surface area contributed by atoms with Gasteiger partial charge in [0, 0.05) is 0 Å². The monoisotopic (exact) mass is 186 g/mol. The fourth-order valence-corrected chi connectivity index (χ4v) is 1.52. The van der Waals surface area contributed by atoms with Crippen molar-refractivity contribution in [3.05, 3.63) is 0 Å². The van der Waals surface area contributed by atoms with Crippen molar-refractivity contribution in [2.45, 2.75) is 78.4 Å². The Morgan fingerprint density at radius 3 is 2.15 bits per heavy atom. The third kappa shape index (κ3) is 9.88. The third-order valence-corrected chi connectivity index (χ3v) is 2.02. The van der Waals surface area contributed by atoms with Gasteiger partial charge in [0.15, 0.2) is 0 Å². The molecule has 0 fully saturated rings. The topological polar surface area (TPSA) is 9.23 Å². The maximum atomic E-state index is 5.82. The molecule has 0 heterocycles. The van der Waals surface area contributed by atoms with Crippen LogP contribution in [0.25, 0.3) is 0 Å². The predicted molar refractivity (Wildman–Crippen MR) is 59.1 cm³/mol. The van der Waals surface area contributed by atoms with Crippen LogP contribution >= 0.6 is 0 Å². The molecule has 0 spiro atoms. The van der Waals surface area contributed by atoms with E-state index in [2.05, 4.69) is 34.6 Å². The molecular weight excluding hydrogens is 160 g/mol. The van der Waals surface area contributed by atoms with E-state index < -0.39 is 0 Å². The molecule has 80 valence electrons. The number of ether oxygens (including phenoxy) is 1. The van der Waals surface area contributed by atoms with Crippen molar-refractivity contribution in [3.8, 4) is 0 Å². The molecule has 0 aliphatic rings. The first kappa shape index (κ1) is 13.0. The second kappa shape index (κ2) is 6.42. The molecule has 0 aromatic heterocycles. The van der Waals surface area contributed by atoms with Gasteiger partial charge in [0.1, 0.15) is 0 Å². The van der Waals surface area contributed by atoms with E-state index in [1.807, 2.05) is 0 Å². The highest BCUT2D eigenvalue weighted by molar-refractivity contribution is 4.63. The molecule has 0 amide bonds. The van der Waals surface area contributed by atoms with E-state index in [4.69, 9.17) is 4.74 Å². The zero-order valence-corrected chi connectivity index (χ0v) is 10.0. The smallest absolute Gasteiger partial charge is 0.0602 e. The van der Waals surface area contributed by atoms with E-state index in [1.54, 1.807) is 0 Å². The van der Waals surface area contributed by atoms with Crippen LogP contribution in [-0.2, 0) is 4.74 Å². The minimum atomic E-state index is 0.0180. The zero-order valence-electron chi connectivity index (χ0n) is 10.0. The van der Waals surface area contributed by atoms with Gasteiger partial charge in [0.2, 0.25) is 0 Å². The van der Waals surface area contributed by atoms with Crippen molar-refractivity contribution in [2.24, 2.45) is 0 Å². The molecule has 0 rings (SSSR count). The highest BCUT2D eigenvalue weighted by Gasteiger charge is 2.14. The van der Waals surface area contributed by atoms with Crippen LogP contribution in [-0.4, -0.2) is 11.7 Å². The van der Waals surface area contributed by atoms with Crippen molar-refractivity contribution in [1.29, 1.82) is 0 Å². The second-order valence-electron chi connectivity index (χ2n) is 4.89. The lowest BCUT2D eigenvalue weighted by atomic mass is 10.1. The molecule has 0 aromatic carbocycles. The number of hydrogen-bond acceptors (Lipinski definition) is 1. The summed E-state index contributed by atoms with van der Waals surface area (Å²) in [5.41, 5.74) is 0.0180. The molecule has 1 heteroatoms. The summed E-state index contributed by atoms with van der Waals surface area (Å²) in [6.45, 7) is 10.8. The average Bonchev–Trinajstić information content (AvgIpc) is 1.94. The predicted octanol–water partition coefficient (Wildman–Crippen LogP) is 4.16. The summed E-state index contributed by atoms with van der Waals surface area (Å²) in [7, 11) is 0. The maximum Gasteiger partial charge on any atom is 0.0602 e. The minimum absolute atomic E-state index is 0.0180. The highest BCUT2D eigenvalue weighted by Crippen LogP contribution is 2.15. The van der Waals surface area contributed by atoms with Gasteiger partial charge >= 0.3 is 0 Å². The van der Waals surface area contributed by atoms with Crippen LogP contribution in [0, 0.1) is 0 Å². The van der Waals surface area contributed by atoms with Crippen LogP contribution in [0.3, 0.4) is 0 Å². The van der Waals surface area contributed by atoms with Crippen LogP contribution in [0.2, 0.25) is 0 Å². The van der Waals surface area contributed by atoms with Crippen molar-refractivity contribution in [2.75, 3.05) is 0 Å². The Kier molecular flexibility index (Phi) is 6.40. The van der Waals surface area contributed by atoms with E-state index in [0.717, 1.165) is 0 Å². The lowest BCUT2D eigenvalue weighted by Gasteiger charge is -2.25. The average molecular weight is 186 g/mol. The normalized spacial score (nSPS) is 14.5. The largest absolute Gasteiger partial charge is 0.373 e. The first-order chi connectivity index (χ1) is 5.95. The fraction of sp³-hybridized carbons (Fsp3) is 1.00. The molecule has 0 saturated carbocycles. The molecule has 0 aliphatic heterocycles. The van der Waals surface area contributed by atoms with Crippen LogP contribution in [0.5, 0.6) is 0 Å². The van der Waals surface area contributed by atoms with E-state index in [0.29, 0.717) is 6.10 Å². The molecule has 0 N–H and O–H groups in total. The van der Waals surface area contributed by atoms with Crippen LogP contribution in [0.15, 0.2) is 0 Å². The molecular formula is C12H26O. The van der Waals surface area contributed by atoms with E-state index in [9.17, 15) is 0 Å². The van der Waals surface area contributed by atoms with E-state index in [-0.39, 0.29) is 5.60 Å². The van der Waals surface area contributed by atoms with Crippen LogP contribution < -0.4 is 0 Å². The first-order valence-corrected chi connectivity index (χ1v) is 5.63. The molecule has 1 nitrogen and oxygen atoms in total. The maximum absolute atomic E-state index is 5.82. The van der Waals surface area contributed by atoms with E-state index >= 15 is 0 Å². The molecule has 1 atom stereocenters. The van der Waals surface area contributed by atoms with Crippen molar-refractivity contribution >= 4 is 0 Å². The molecule has 0 aliphatic carbocycles. The van der Waals surface area contributed by atoms with Crippen molar-refractivity contribution in [1.82, 2.24) is 0 Å².